The molecule has 0 saturated heterocycles. The summed E-state index contributed by atoms with van der Waals surface area (Å²) < 4.78 is 26.0. The molecular formula is C20H18N2O4S. The number of primary amides is 1. The Labute approximate surface area is 157 Å². The van der Waals surface area contributed by atoms with Gasteiger partial charge in [-0.15, -0.1) is 0 Å². The SMILES string of the molecule is CNS(=O)(=O)c1ccc(-c2cc(-c3ccccc3)cc(C(N)=O)c2O)cc1. The van der Waals surface area contributed by atoms with Crippen molar-refractivity contribution in [3.8, 4) is 28.0 Å². The lowest BCUT2D eigenvalue weighted by molar-refractivity contribution is 0.0998. The number of nitrogens with one attached hydrogen (secondary N) is 1. The van der Waals surface area contributed by atoms with Crippen molar-refractivity contribution in [1.29, 1.82) is 0 Å². The number of aromatic hydroxyl groups is 1. The van der Waals surface area contributed by atoms with E-state index in [2.05, 4.69) is 4.72 Å². The van der Waals surface area contributed by atoms with Gasteiger partial charge >= 0.3 is 0 Å². The van der Waals surface area contributed by atoms with E-state index < -0.39 is 15.9 Å². The van der Waals surface area contributed by atoms with Crippen LogP contribution in [0.25, 0.3) is 22.3 Å². The molecule has 0 aliphatic heterocycles. The highest BCUT2D eigenvalue weighted by atomic mass is 32.2. The van der Waals surface area contributed by atoms with Gasteiger partial charge in [0.25, 0.3) is 5.91 Å². The lowest BCUT2D eigenvalue weighted by atomic mass is 9.94. The molecule has 0 heterocycles. The summed E-state index contributed by atoms with van der Waals surface area (Å²) >= 11 is 0. The molecule has 138 valence electrons. The minimum Gasteiger partial charge on any atom is -0.506 e. The van der Waals surface area contributed by atoms with Crippen LogP contribution in [0.1, 0.15) is 10.4 Å². The van der Waals surface area contributed by atoms with Gasteiger partial charge in [0.05, 0.1) is 10.5 Å². The second-order valence-electron chi connectivity index (χ2n) is 5.88. The molecule has 3 rings (SSSR count). The molecule has 0 fully saturated rings. The Bertz CT molecular complexity index is 1090. The van der Waals surface area contributed by atoms with Crippen LogP contribution < -0.4 is 10.5 Å². The number of amides is 1. The molecule has 3 aromatic carbocycles. The van der Waals surface area contributed by atoms with E-state index in [0.29, 0.717) is 16.7 Å². The molecule has 0 saturated carbocycles. The van der Waals surface area contributed by atoms with Crippen LogP contribution in [0.5, 0.6) is 5.75 Å². The van der Waals surface area contributed by atoms with Crippen molar-refractivity contribution in [2.75, 3.05) is 7.05 Å². The Morgan fingerprint density at radius 2 is 1.56 bits per heavy atom. The number of benzene rings is 3. The number of hydrogen-bond donors (Lipinski definition) is 3. The van der Waals surface area contributed by atoms with Crippen LogP contribution in [0.2, 0.25) is 0 Å². The van der Waals surface area contributed by atoms with Crippen molar-refractivity contribution in [2.45, 2.75) is 4.90 Å². The molecule has 6 nitrogen and oxygen atoms in total. The van der Waals surface area contributed by atoms with E-state index in [0.717, 1.165) is 5.56 Å². The first kappa shape index (κ1) is 18.6. The van der Waals surface area contributed by atoms with E-state index in [4.69, 9.17) is 5.73 Å². The Kier molecular flexibility index (Phi) is 4.98. The topological polar surface area (TPSA) is 109 Å². The fraction of sp³-hybridized carbons (Fsp3) is 0.0500. The quantitative estimate of drug-likeness (QED) is 0.630. The molecular weight excluding hydrogens is 364 g/mol. The molecule has 3 aromatic rings. The first-order chi connectivity index (χ1) is 12.8. The highest BCUT2D eigenvalue weighted by Gasteiger charge is 2.17. The predicted molar refractivity (Wildman–Crippen MR) is 104 cm³/mol. The number of phenols is 1. The minimum absolute atomic E-state index is 0.00160. The largest absolute Gasteiger partial charge is 0.506 e. The van der Waals surface area contributed by atoms with E-state index in [1.807, 2.05) is 30.3 Å². The van der Waals surface area contributed by atoms with Crippen LogP contribution in [0.15, 0.2) is 71.6 Å². The molecule has 4 N–H and O–H groups in total. The summed E-state index contributed by atoms with van der Waals surface area (Å²) in [7, 11) is -2.24. The molecule has 1 amide bonds. The van der Waals surface area contributed by atoms with E-state index in [-0.39, 0.29) is 16.2 Å². The van der Waals surface area contributed by atoms with E-state index in [9.17, 15) is 18.3 Å². The monoisotopic (exact) mass is 382 g/mol. The van der Waals surface area contributed by atoms with E-state index >= 15 is 0 Å². The molecule has 0 spiro atoms. The normalized spacial score (nSPS) is 11.3. The number of carbonyl (C=O) groups is 1. The maximum atomic E-state index is 11.9. The smallest absolute Gasteiger partial charge is 0.252 e. The average Bonchev–Trinajstić information content (AvgIpc) is 2.68. The van der Waals surface area contributed by atoms with Gasteiger partial charge in [0.15, 0.2) is 0 Å². The number of hydrogen-bond acceptors (Lipinski definition) is 4. The zero-order valence-electron chi connectivity index (χ0n) is 14.5. The second-order valence-corrected chi connectivity index (χ2v) is 7.77. The molecule has 7 heteroatoms. The average molecular weight is 382 g/mol. The molecule has 0 aromatic heterocycles. The number of sulfonamides is 1. The standard InChI is InChI=1S/C20H18N2O4S/c1-22-27(25,26)16-9-7-14(8-10-16)17-11-15(13-5-3-2-4-6-13)12-18(19(17)23)20(21)24/h2-12,22-23H,1H3,(H2,21,24). The van der Waals surface area contributed by atoms with Gasteiger partial charge in [-0.1, -0.05) is 42.5 Å². The van der Waals surface area contributed by atoms with Gasteiger partial charge in [-0.3, -0.25) is 4.79 Å². The Hall–Kier alpha value is -3.16. The molecule has 0 unspecified atom stereocenters. The van der Waals surface area contributed by atoms with Gasteiger partial charge in [-0.25, -0.2) is 13.1 Å². The van der Waals surface area contributed by atoms with Gasteiger partial charge in [0.2, 0.25) is 10.0 Å². The third-order valence-electron chi connectivity index (χ3n) is 4.23. The van der Waals surface area contributed by atoms with Crippen molar-refractivity contribution < 1.29 is 18.3 Å². The second kappa shape index (κ2) is 7.22. The molecule has 0 bridgehead atoms. The molecule has 0 radical (unpaired) electrons. The zero-order chi connectivity index (χ0) is 19.6. The fourth-order valence-electron chi connectivity index (χ4n) is 2.77. The van der Waals surface area contributed by atoms with Gasteiger partial charge in [0, 0.05) is 5.56 Å². The maximum absolute atomic E-state index is 11.9. The first-order valence-corrected chi connectivity index (χ1v) is 9.58. The van der Waals surface area contributed by atoms with Crippen molar-refractivity contribution in [2.24, 2.45) is 5.73 Å². The fourth-order valence-corrected chi connectivity index (χ4v) is 3.50. The molecule has 0 aliphatic rings. The summed E-state index contributed by atoms with van der Waals surface area (Å²) in [5.74, 6) is -0.993. The Morgan fingerprint density at radius 1 is 0.926 bits per heavy atom. The van der Waals surface area contributed by atoms with Gasteiger partial charge < -0.3 is 10.8 Å². The van der Waals surface area contributed by atoms with Gasteiger partial charge in [-0.05, 0) is 48.0 Å². The highest BCUT2D eigenvalue weighted by Crippen LogP contribution is 2.37. The molecule has 0 atom stereocenters. The van der Waals surface area contributed by atoms with Crippen molar-refractivity contribution in [3.05, 3.63) is 72.3 Å². The number of carbonyl (C=O) groups excluding carboxylic acids is 1. The summed E-state index contributed by atoms with van der Waals surface area (Å²) in [5, 5.41) is 10.5. The van der Waals surface area contributed by atoms with Gasteiger partial charge in [0.1, 0.15) is 5.75 Å². The van der Waals surface area contributed by atoms with Crippen LogP contribution in [0, 0.1) is 0 Å². The first-order valence-electron chi connectivity index (χ1n) is 8.09. The highest BCUT2D eigenvalue weighted by molar-refractivity contribution is 7.89. The van der Waals surface area contributed by atoms with Crippen LogP contribution in [0.3, 0.4) is 0 Å². The van der Waals surface area contributed by atoms with Crippen molar-refractivity contribution in [3.63, 3.8) is 0 Å². The number of nitrogens with two attached hydrogens (primary N) is 1. The van der Waals surface area contributed by atoms with Crippen molar-refractivity contribution >= 4 is 15.9 Å². The summed E-state index contributed by atoms with van der Waals surface area (Å²) in [4.78, 5) is 11.9. The molecule has 27 heavy (non-hydrogen) atoms. The summed E-state index contributed by atoms with van der Waals surface area (Å²) in [6.45, 7) is 0. The Balaban J connectivity index is 2.17. The third kappa shape index (κ3) is 3.69. The zero-order valence-corrected chi connectivity index (χ0v) is 15.3. The lowest BCUT2D eigenvalue weighted by Gasteiger charge is -2.13. The van der Waals surface area contributed by atoms with Crippen LogP contribution >= 0.6 is 0 Å². The minimum atomic E-state index is -3.57. The van der Waals surface area contributed by atoms with E-state index in [1.165, 1.54) is 25.2 Å². The van der Waals surface area contributed by atoms with Crippen LogP contribution in [0.4, 0.5) is 0 Å². The van der Waals surface area contributed by atoms with Gasteiger partial charge in [-0.2, -0.15) is 0 Å². The number of rotatable bonds is 5. The van der Waals surface area contributed by atoms with Crippen molar-refractivity contribution in [1.82, 2.24) is 4.72 Å². The summed E-state index contributed by atoms with van der Waals surface area (Å²) in [5.41, 5.74) is 7.93. The Morgan fingerprint density at radius 3 is 2.11 bits per heavy atom. The maximum Gasteiger partial charge on any atom is 0.252 e. The predicted octanol–water partition coefficient (Wildman–Crippen LogP) is 2.73. The lowest BCUT2D eigenvalue weighted by Crippen LogP contribution is -2.18. The van der Waals surface area contributed by atoms with Crippen LogP contribution in [-0.4, -0.2) is 26.5 Å². The summed E-state index contributed by atoms with van der Waals surface area (Å²) in [6.07, 6.45) is 0. The molecule has 0 aliphatic carbocycles. The third-order valence-corrected chi connectivity index (χ3v) is 5.66. The summed E-state index contributed by atoms with van der Waals surface area (Å²) in [6, 6.07) is 18.6. The van der Waals surface area contributed by atoms with Crippen LogP contribution in [-0.2, 0) is 10.0 Å². The van der Waals surface area contributed by atoms with E-state index in [1.54, 1.807) is 18.2 Å².